The topological polar surface area (TPSA) is 8.88 Å². The summed E-state index contributed by atoms with van der Waals surface area (Å²) < 4.78 is 0. The van der Waals surface area contributed by atoms with Crippen LogP contribution in [0.3, 0.4) is 0 Å². The van der Waals surface area contributed by atoms with Crippen molar-refractivity contribution in [1.82, 2.24) is 0 Å². The molecule has 4 heteroatoms. The van der Waals surface area contributed by atoms with Crippen molar-refractivity contribution in [2.24, 2.45) is 5.92 Å². The molecule has 0 aromatic rings. The predicted octanol–water partition coefficient (Wildman–Crippen LogP) is 0.196. The molecule has 18 heavy (non-hydrogen) atoms. The zero-order valence-electron chi connectivity index (χ0n) is 11.4. The van der Waals surface area contributed by atoms with Gasteiger partial charge in [0.25, 0.3) is 0 Å². The lowest BCUT2D eigenvalue weighted by molar-refractivity contribution is -0.952. The van der Waals surface area contributed by atoms with Crippen molar-refractivity contribution in [2.75, 3.05) is 44.5 Å². The first-order valence-corrected chi connectivity index (χ1v) is 8.72. The third-order valence-electron chi connectivity index (χ3n) is 4.88. The van der Waals surface area contributed by atoms with E-state index >= 15 is 0 Å². The zero-order valence-corrected chi connectivity index (χ0v) is 12.9. The van der Waals surface area contributed by atoms with Crippen LogP contribution in [0.4, 0.5) is 0 Å². The number of fused-ring (bicyclic) bond motifs is 1. The Morgan fingerprint density at radius 3 is 2.39 bits per heavy atom. The normalized spacial score (nSPS) is 32.5. The molecule has 0 aromatic heterocycles. The number of quaternary nitrogens is 2. The Kier molecular flexibility index (Phi) is 6.57. The maximum Gasteiger partial charge on any atom is 0.0957 e. The van der Waals surface area contributed by atoms with Gasteiger partial charge in [0.15, 0.2) is 0 Å². The fraction of sp³-hybridized carbons (Fsp3) is 1.00. The van der Waals surface area contributed by atoms with E-state index in [0.717, 1.165) is 36.8 Å². The Hall–Kier alpha value is 0.500. The third kappa shape index (κ3) is 4.00. The number of hydrogen-bond acceptors (Lipinski definition) is 0. The van der Waals surface area contributed by atoms with Crippen LogP contribution < -0.4 is 9.80 Å². The first-order chi connectivity index (χ1) is 8.85. The van der Waals surface area contributed by atoms with Crippen LogP contribution in [0, 0.1) is 5.92 Å². The van der Waals surface area contributed by atoms with Gasteiger partial charge in [0, 0.05) is 6.42 Å². The molecule has 1 unspecified atom stereocenters. The Morgan fingerprint density at radius 1 is 0.944 bits per heavy atom. The minimum absolute atomic E-state index is 0.764. The Labute approximate surface area is 122 Å². The van der Waals surface area contributed by atoms with E-state index in [4.69, 9.17) is 23.2 Å². The highest BCUT2D eigenvalue weighted by atomic mass is 35.5. The lowest BCUT2D eigenvalue weighted by atomic mass is 9.83. The monoisotopic (exact) mass is 294 g/mol. The van der Waals surface area contributed by atoms with E-state index in [9.17, 15) is 0 Å². The first-order valence-electron chi connectivity index (χ1n) is 7.65. The van der Waals surface area contributed by atoms with Gasteiger partial charge in [-0.3, -0.25) is 0 Å². The molecule has 2 saturated heterocycles. The number of hydrogen-bond donors (Lipinski definition) is 2. The average molecular weight is 295 g/mol. The summed E-state index contributed by atoms with van der Waals surface area (Å²) in [6.45, 7) is 6.29. The van der Waals surface area contributed by atoms with Crippen molar-refractivity contribution in [3.63, 3.8) is 0 Å². The molecule has 3 atom stereocenters. The van der Waals surface area contributed by atoms with E-state index in [1.54, 1.807) is 4.90 Å². The molecule has 0 spiro atoms. The summed E-state index contributed by atoms with van der Waals surface area (Å²) in [6, 6.07) is 0.938. The van der Waals surface area contributed by atoms with Gasteiger partial charge in [-0.05, 0) is 25.7 Å². The van der Waals surface area contributed by atoms with Crippen LogP contribution in [0.15, 0.2) is 0 Å². The van der Waals surface area contributed by atoms with Crippen molar-refractivity contribution in [3.05, 3.63) is 0 Å². The second-order valence-electron chi connectivity index (χ2n) is 5.99. The van der Waals surface area contributed by atoms with Crippen molar-refractivity contribution in [1.29, 1.82) is 0 Å². The molecule has 0 amide bonds. The molecule has 2 rings (SSSR count). The van der Waals surface area contributed by atoms with Crippen LogP contribution in [0.2, 0.25) is 0 Å². The van der Waals surface area contributed by atoms with E-state index in [-0.39, 0.29) is 0 Å². The molecule has 2 nitrogen and oxygen atoms in total. The van der Waals surface area contributed by atoms with Gasteiger partial charge in [0.2, 0.25) is 0 Å². The van der Waals surface area contributed by atoms with E-state index in [1.807, 2.05) is 4.90 Å². The number of rotatable bonds is 6. The molecule has 2 N–H and O–H groups in total. The fourth-order valence-electron chi connectivity index (χ4n) is 3.99. The standard InChI is InChI=1S/C14H26Cl2N2/c15-6-10-17(11-7-16)12-13-4-3-9-18-8-2-1-5-14(13)18/h13-14H,1-12H2/p+2/t13-,14+/m1/s1. The number of nitrogens with one attached hydrogen (secondary N) is 2. The molecule has 0 aliphatic carbocycles. The average Bonchev–Trinajstić information content (AvgIpc) is 2.40. The summed E-state index contributed by atoms with van der Waals surface area (Å²) in [7, 11) is 0. The van der Waals surface area contributed by atoms with Gasteiger partial charge in [0.1, 0.15) is 0 Å². The van der Waals surface area contributed by atoms with Crippen LogP contribution >= 0.6 is 23.2 Å². The van der Waals surface area contributed by atoms with Crippen molar-refractivity contribution in [2.45, 2.75) is 38.1 Å². The minimum Gasteiger partial charge on any atom is -0.333 e. The summed E-state index contributed by atoms with van der Waals surface area (Å²) >= 11 is 11.8. The molecular weight excluding hydrogens is 267 g/mol. The van der Waals surface area contributed by atoms with Crippen LogP contribution in [-0.4, -0.2) is 50.5 Å². The van der Waals surface area contributed by atoms with Gasteiger partial charge in [0.05, 0.1) is 56.4 Å². The summed E-state index contributed by atoms with van der Waals surface area (Å²) in [5, 5.41) is 0. The van der Waals surface area contributed by atoms with Crippen LogP contribution in [0.25, 0.3) is 0 Å². The fourth-order valence-corrected chi connectivity index (χ4v) is 4.52. The lowest BCUT2D eigenvalue weighted by Crippen LogP contribution is -3.20. The van der Waals surface area contributed by atoms with Gasteiger partial charge < -0.3 is 9.80 Å². The van der Waals surface area contributed by atoms with Gasteiger partial charge in [-0.1, -0.05) is 0 Å². The highest BCUT2D eigenvalue weighted by molar-refractivity contribution is 6.18. The van der Waals surface area contributed by atoms with Crippen molar-refractivity contribution in [3.8, 4) is 0 Å². The number of halogens is 2. The molecule has 0 aromatic carbocycles. The summed E-state index contributed by atoms with van der Waals surface area (Å²) in [5.74, 6) is 2.44. The molecule has 2 aliphatic rings. The molecule has 0 bridgehead atoms. The predicted molar refractivity (Wildman–Crippen MR) is 78.1 cm³/mol. The Bertz CT molecular complexity index is 230. The van der Waals surface area contributed by atoms with Crippen molar-refractivity contribution >= 4 is 23.2 Å². The number of alkyl halides is 2. The largest absolute Gasteiger partial charge is 0.333 e. The van der Waals surface area contributed by atoms with E-state index in [1.165, 1.54) is 51.7 Å². The van der Waals surface area contributed by atoms with Crippen LogP contribution in [-0.2, 0) is 0 Å². The second-order valence-corrected chi connectivity index (χ2v) is 6.75. The van der Waals surface area contributed by atoms with Crippen LogP contribution in [0.5, 0.6) is 0 Å². The molecule has 106 valence electrons. The second kappa shape index (κ2) is 7.94. The van der Waals surface area contributed by atoms with E-state index in [0.29, 0.717) is 0 Å². The zero-order chi connectivity index (χ0) is 12.8. The summed E-state index contributed by atoms with van der Waals surface area (Å²) in [5.41, 5.74) is 0. The molecule has 2 fully saturated rings. The molecule has 0 radical (unpaired) electrons. The summed E-state index contributed by atoms with van der Waals surface area (Å²) in [4.78, 5) is 3.52. The minimum atomic E-state index is 0.764. The van der Waals surface area contributed by atoms with Gasteiger partial charge in [-0.25, -0.2) is 0 Å². The smallest absolute Gasteiger partial charge is 0.0957 e. The maximum atomic E-state index is 5.92. The SMILES string of the molecule is ClCC[NH+](CCCl)C[C@H]1CCC[NH+]2CCCC[C@@H]12. The first kappa shape index (κ1) is 14.9. The summed E-state index contributed by atoms with van der Waals surface area (Å²) in [6.07, 6.45) is 7.20. The Morgan fingerprint density at radius 2 is 1.67 bits per heavy atom. The highest BCUT2D eigenvalue weighted by Crippen LogP contribution is 2.18. The molecule has 2 heterocycles. The van der Waals surface area contributed by atoms with Gasteiger partial charge in [-0.2, -0.15) is 0 Å². The molecular formula is C14H28Cl2N2+2. The molecule has 0 saturated carbocycles. The maximum absolute atomic E-state index is 5.92. The third-order valence-corrected chi connectivity index (χ3v) is 5.25. The lowest BCUT2D eigenvalue weighted by Gasteiger charge is -2.41. The van der Waals surface area contributed by atoms with Gasteiger partial charge in [-0.15, -0.1) is 23.2 Å². The molecule has 2 aliphatic heterocycles. The quantitative estimate of drug-likeness (QED) is 0.648. The van der Waals surface area contributed by atoms with Crippen LogP contribution in [0.1, 0.15) is 32.1 Å². The van der Waals surface area contributed by atoms with Gasteiger partial charge >= 0.3 is 0 Å². The van der Waals surface area contributed by atoms with Crippen molar-refractivity contribution < 1.29 is 9.80 Å². The Balaban J connectivity index is 1.88. The highest BCUT2D eigenvalue weighted by Gasteiger charge is 2.38. The van der Waals surface area contributed by atoms with E-state index < -0.39 is 0 Å². The number of piperidine rings is 2. The van der Waals surface area contributed by atoms with E-state index in [2.05, 4.69) is 0 Å².